The molecular formula is C20H25FN4O5S. The predicted octanol–water partition coefficient (Wildman–Crippen LogP) is 0.920. The van der Waals surface area contributed by atoms with Gasteiger partial charge in [-0.15, -0.1) is 0 Å². The largest absolute Gasteiger partial charge is 0.464 e. The minimum absolute atomic E-state index is 0.0880. The van der Waals surface area contributed by atoms with Crippen LogP contribution in [0.3, 0.4) is 0 Å². The van der Waals surface area contributed by atoms with Crippen LogP contribution in [0.25, 0.3) is 0 Å². The van der Waals surface area contributed by atoms with Crippen molar-refractivity contribution in [3.05, 3.63) is 48.0 Å². The highest BCUT2D eigenvalue weighted by Gasteiger charge is 2.29. The lowest BCUT2D eigenvalue weighted by molar-refractivity contribution is -0.131. The van der Waals surface area contributed by atoms with Gasteiger partial charge in [0.15, 0.2) is 0 Å². The Morgan fingerprint density at radius 1 is 1.16 bits per heavy atom. The van der Waals surface area contributed by atoms with E-state index in [1.807, 2.05) is 4.90 Å². The number of carbonyl (C=O) groups is 2. The van der Waals surface area contributed by atoms with Crippen LogP contribution in [-0.2, 0) is 26.6 Å². The number of sulfonamides is 1. The van der Waals surface area contributed by atoms with Crippen LogP contribution in [0.15, 0.2) is 41.4 Å². The molecule has 11 heteroatoms. The molecule has 1 fully saturated rings. The van der Waals surface area contributed by atoms with Gasteiger partial charge in [0.05, 0.1) is 19.3 Å². The van der Waals surface area contributed by atoms with Crippen molar-refractivity contribution in [2.75, 3.05) is 51.8 Å². The highest BCUT2D eigenvalue weighted by atomic mass is 32.2. The Balaban J connectivity index is 1.63. The number of aromatic nitrogens is 1. The van der Waals surface area contributed by atoms with Gasteiger partial charge in [0.2, 0.25) is 15.9 Å². The summed E-state index contributed by atoms with van der Waals surface area (Å²) in [7, 11) is 0.0766. The number of methoxy groups -OCH3 is 1. The Morgan fingerprint density at radius 3 is 2.42 bits per heavy atom. The molecule has 0 bridgehead atoms. The van der Waals surface area contributed by atoms with Gasteiger partial charge >= 0.3 is 5.97 Å². The number of rotatable bonds is 6. The molecule has 1 aromatic heterocycles. The topological polar surface area (TPSA) is 92.2 Å². The van der Waals surface area contributed by atoms with Crippen molar-refractivity contribution in [2.45, 2.75) is 4.90 Å². The first-order valence-electron chi connectivity index (χ1n) is 9.63. The summed E-state index contributed by atoms with van der Waals surface area (Å²) in [5.74, 6) is -1.32. The molecule has 31 heavy (non-hydrogen) atoms. The maximum Gasteiger partial charge on any atom is 0.354 e. The van der Waals surface area contributed by atoms with Crippen LogP contribution in [0.2, 0.25) is 0 Å². The lowest BCUT2D eigenvalue weighted by atomic mass is 10.2. The molecule has 1 saturated heterocycles. The third-order valence-electron chi connectivity index (χ3n) is 5.27. The molecule has 0 unspecified atom stereocenters. The summed E-state index contributed by atoms with van der Waals surface area (Å²) in [6, 6.07) is 7.67. The van der Waals surface area contributed by atoms with Gasteiger partial charge in [0, 0.05) is 46.5 Å². The molecule has 1 aliphatic rings. The minimum Gasteiger partial charge on any atom is -0.464 e. The lowest BCUT2D eigenvalue weighted by Gasteiger charge is -2.36. The zero-order valence-corrected chi connectivity index (χ0v) is 18.4. The van der Waals surface area contributed by atoms with E-state index in [1.165, 1.54) is 44.1 Å². The van der Waals surface area contributed by atoms with Crippen molar-refractivity contribution in [1.82, 2.24) is 13.8 Å². The van der Waals surface area contributed by atoms with Crippen molar-refractivity contribution >= 4 is 27.6 Å². The zero-order valence-electron chi connectivity index (χ0n) is 17.6. The number of likely N-dealkylation sites (N-methyl/N-ethyl adjacent to an activating group) is 1. The number of nitrogens with zero attached hydrogens (tertiary/aromatic N) is 4. The fourth-order valence-corrected chi connectivity index (χ4v) is 4.64. The van der Waals surface area contributed by atoms with E-state index >= 15 is 0 Å². The number of para-hydroxylation sites is 1. The summed E-state index contributed by atoms with van der Waals surface area (Å²) in [6.45, 7) is 1.27. The van der Waals surface area contributed by atoms with E-state index in [1.54, 1.807) is 23.1 Å². The molecule has 2 aromatic rings. The normalized spacial score (nSPS) is 14.7. The zero-order chi connectivity index (χ0) is 22.8. The number of benzene rings is 1. The van der Waals surface area contributed by atoms with E-state index in [9.17, 15) is 22.4 Å². The quantitative estimate of drug-likeness (QED) is 0.606. The Bertz CT molecular complexity index is 1080. The fourth-order valence-electron chi connectivity index (χ4n) is 3.44. The van der Waals surface area contributed by atoms with Crippen LogP contribution < -0.4 is 4.90 Å². The van der Waals surface area contributed by atoms with Crippen molar-refractivity contribution in [1.29, 1.82) is 0 Å². The number of halogens is 1. The van der Waals surface area contributed by atoms with E-state index < -0.39 is 16.0 Å². The van der Waals surface area contributed by atoms with Crippen LogP contribution in [0.4, 0.5) is 10.1 Å². The van der Waals surface area contributed by atoms with E-state index in [4.69, 9.17) is 0 Å². The molecule has 0 saturated carbocycles. The first-order chi connectivity index (χ1) is 14.6. The molecule has 168 valence electrons. The van der Waals surface area contributed by atoms with Crippen LogP contribution in [-0.4, -0.2) is 80.9 Å². The van der Waals surface area contributed by atoms with E-state index in [0.717, 1.165) is 4.31 Å². The van der Waals surface area contributed by atoms with Gasteiger partial charge in [0.1, 0.15) is 16.4 Å². The molecule has 1 amide bonds. The van der Waals surface area contributed by atoms with Gasteiger partial charge in [-0.3, -0.25) is 4.79 Å². The Kier molecular flexibility index (Phi) is 6.65. The maximum atomic E-state index is 14.0. The van der Waals surface area contributed by atoms with Gasteiger partial charge in [-0.25, -0.2) is 17.6 Å². The van der Waals surface area contributed by atoms with Gasteiger partial charge in [-0.05, 0) is 18.2 Å². The fraction of sp³-hybridized carbons (Fsp3) is 0.400. The van der Waals surface area contributed by atoms with Gasteiger partial charge in [-0.2, -0.15) is 4.31 Å². The molecule has 0 atom stereocenters. The molecule has 0 aliphatic carbocycles. The Morgan fingerprint density at radius 2 is 1.81 bits per heavy atom. The van der Waals surface area contributed by atoms with E-state index in [2.05, 4.69) is 4.74 Å². The monoisotopic (exact) mass is 452 g/mol. The number of ether oxygens (including phenoxy) is 1. The second-order valence-electron chi connectivity index (χ2n) is 7.24. The molecule has 1 aromatic carbocycles. The first-order valence-corrected chi connectivity index (χ1v) is 11.1. The average Bonchev–Trinajstić information content (AvgIpc) is 3.16. The Hall–Kier alpha value is -2.92. The summed E-state index contributed by atoms with van der Waals surface area (Å²) in [4.78, 5) is 27.7. The number of esters is 1. The van der Waals surface area contributed by atoms with Crippen LogP contribution in [0.1, 0.15) is 10.5 Å². The van der Waals surface area contributed by atoms with Crippen molar-refractivity contribution in [2.24, 2.45) is 7.05 Å². The third kappa shape index (κ3) is 4.72. The summed E-state index contributed by atoms with van der Waals surface area (Å²) in [5, 5.41) is 0. The number of aryl methyl sites for hydroxylation is 1. The molecule has 2 heterocycles. The standard InChI is InChI=1S/C20H25FN4O5S/c1-22-13-15(12-18(22)20(27)30-3)31(28,29)23(2)14-19(26)25-10-8-24(9-11-25)17-7-5-4-6-16(17)21/h4-7,12-13H,8-11,14H2,1-3H3. The lowest BCUT2D eigenvalue weighted by Crippen LogP contribution is -2.51. The SMILES string of the molecule is COC(=O)c1cc(S(=O)(=O)N(C)CC(=O)N2CCN(c3ccccc3F)CC2)cn1C. The van der Waals surface area contributed by atoms with Crippen molar-refractivity contribution < 1.29 is 27.1 Å². The highest BCUT2D eigenvalue weighted by Crippen LogP contribution is 2.21. The molecule has 0 spiro atoms. The summed E-state index contributed by atoms with van der Waals surface area (Å²) >= 11 is 0. The van der Waals surface area contributed by atoms with E-state index in [0.29, 0.717) is 31.9 Å². The molecular weight excluding hydrogens is 427 g/mol. The molecule has 0 N–H and O–H groups in total. The predicted molar refractivity (Wildman–Crippen MR) is 112 cm³/mol. The average molecular weight is 453 g/mol. The smallest absolute Gasteiger partial charge is 0.354 e. The molecule has 0 radical (unpaired) electrons. The van der Waals surface area contributed by atoms with Crippen LogP contribution in [0.5, 0.6) is 0 Å². The minimum atomic E-state index is -3.98. The number of amides is 1. The summed E-state index contributed by atoms with van der Waals surface area (Å²) in [6.07, 6.45) is 1.30. The second kappa shape index (κ2) is 9.06. The van der Waals surface area contributed by atoms with Crippen molar-refractivity contribution in [3.63, 3.8) is 0 Å². The molecule has 9 nitrogen and oxygen atoms in total. The molecule has 3 rings (SSSR count). The number of hydrogen-bond donors (Lipinski definition) is 0. The maximum absolute atomic E-state index is 14.0. The van der Waals surface area contributed by atoms with Crippen molar-refractivity contribution in [3.8, 4) is 0 Å². The second-order valence-corrected chi connectivity index (χ2v) is 9.29. The van der Waals surface area contributed by atoms with Crippen LogP contribution in [0, 0.1) is 5.82 Å². The Labute approximate surface area is 180 Å². The number of hydrogen-bond acceptors (Lipinski definition) is 6. The van der Waals surface area contributed by atoms with Gasteiger partial charge in [-0.1, -0.05) is 12.1 Å². The number of piperazine rings is 1. The summed E-state index contributed by atoms with van der Waals surface area (Å²) in [5.41, 5.74) is 0.574. The number of carbonyl (C=O) groups excluding carboxylic acids is 2. The molecule has 1 aliphatic heterocycles. The third-order valence-corrected chi connectivity index (χ3v) is 7.03. The highest BCUT2D eigenvalue weighted by molar-refractivity contribution is 7.89. The van der Waals surface area contributed by atoms with E-state index in [-0.39, 0.29) is 28.9 Å². The first kappa shape index (κ1) is 22.8. The number of anilines is 1. The van der Waals surface area contributed by atoms with Gasteiger partial charge in [0.25, 0.3) is 0 Å². The van der Waals surface area contributed by atoms with Crippen LogP contribution >= 0.6 is 0 Å². The summed E-state index contributed by atoms with van der Waals surface area (Å²) < 4.78 is 46.6. The van der Waals surface area contributed by atoms with Gasteiger partial charge < -0.3 is 19.1 Å².